The summed E-state index contributed by atoms with van der Waals surface area (Å²) in [5.74, 6) is 0. The van der Waals surface area contributed by atoms with Crippen LogP contribution in [-0.2, 0) is 6.42 Å². The first kappa shape index (κ1) is 17.1. The van der Waals surface area contributed by atoms with Crippen molar-refractivity contribution in [1.82, 2.24) is 20.1 Å². The van der Waals surface area contributed by atoms with Gasteiger partial charge in [0.25, 0.3) is 0 Å². The third kappa shape index (κ3) is 2.98. The van der Waals surface area contributed by atoms with Crippen LogP contribution in [0, 0.1) is 0 Å². The summed E-state index contributed by atoms with van der Waals surface area (Å²) >= 11 is 0. The molecule has 3 heterocycles. The van der Waals surface area contributed by atoms with E-state index in [0.717, 1.165) is 22.0 Å². The molecule has 132 valence electrons. The fraction of sp³-hybridized carbons (Fsp3) is 0.333. The maximum absolute atomic E-state index is 13.2. The average molecular weight is 356 g/mol. The molecule has 0 amide bonds. The molecule has 0 saturated heterocycles. The zero-order chi connectivity index (χ0) is 18.5. The Morgan fingerprint density at radius 2 is 2.04 bits per heavy atom. The summed E-state index contributed by atoms with van der Waals surface area (Å²) in [6.07, 6.45) is -0.560. The summed E-state index contributed by atoms with van der Waals surface area (Å²) in [4.78, 5) is 5.79. The van der Waals surface area contributed by atoms with E-state index in [0.29, 0.717) is 17.6 Å². The van der Waals surface area contributed by atoms with Gasteiger partial charge < -0.3 is 0 Å². The number of aromatic amines is 1. The van der Waals surface area contributed by atoms with Gasteiger partial charge in [0.15, 0.2) is 0 Å². The molecule has 3 aromatic rings. The summed E-state index contributed by atoms with van der Waals surface area (Å²) < 4.78 is 39.7. The van der Waals surface area contributed by atoms with E-state index >= 15 is 0 Å². The van der Waals surface area contributed by atoms with Crippen LogP contribution in [0.5, 0.6) is 0 Å². The summed E-state index contributed by atoms with van der Waals surface area (Å²) in [7, 11) is 5.71. The van der Waals surface area contributed by atoms with Crippen molar-refractivity contribution in [2.24, 2.45) is 0 Å². The molecular weight excluding hydrogens is 340 g/mol. The molecule has 2 aromatic heterocycles. The predicted molar refractivity (Wildman–Crippen MR) is 93.5 cm³/mol. The van der Waals surface area contributed by atoms with Gasteiger partial charge in [0, 0.05) is 17.6 Å². The zero-order valence-corrected chi connectivity index (χ0v) is 14.1. The standard InChI is InChI=1S/C18H16BF3N4/c1-10-6-13-12(3-5-15-14(13)8-24-25-15)17(26(10)9-18(20,21)22)16-4-2-11(19)7-23-16/h2-5,7-8,10,17H,6,9H2,1H3,(H,24,25)/t10-,17+/m1/s1. The van der Waals surface area contributed by atoms with Crippen LogP contribution in [0.4, 0.5) is 13.2 Å². The number of pyridine rings is 1. The third-order valence-corrected chi connectivity index (χ3v) is 4.92. The minimum Gasteiger partial charge on any atom is -0.279 e. The number of nitrogens with one attached hydrogen (secondary N) is 1. The first-order valence-corrected chi connectivity index (χ1v) is 8.32. The van der Waals surface area contributed by atoms with Crippen molar-refractivity contribution in [3.05, 3.63) is 53.5 Å². The smallest absolute Gasteiger partial charge is 0.279 e. The van der Waals surface area contributed by atoms with Gasteiger partial charge in [0.2, 0.25) is 0 Å². The second-order valence-corrected chi connectivity index (χ2v) is 6.72. The van der Waals surface area contributed by atoms with Crippen molar-refractivity contribution in [3.8, 4) is 0 Å². The van der Waals surface area contributed by atoms with Crippen molar-refractivity contribution >= 4 is 24.2 Å². The first-order chi connectivity index (χ1) is 12.3. The molecule has 0 aliphatic carbocycles. The van der Waals surface area contributed by atoms with Crippen LogP contribution in [0.1, 0.15) is 29.8 Å². The Hall–Kier alpha value is -2.35. The molecule has 4 nitrogen and oxygen atoms in total. The number of hydrogen-bond acceptors (Lipinski definition) is 3. The van der Waals surface area contributed by atoms with Gasteiger partial charge in [0.05, 0.1) is 30.0 Å². The predicted octanol–water partition coefficient (Wildman–Crippen LogP) is 2.65. The lowest BCUT2D eigenvalue weighted by Crippen LogP contribution is -2.47. The minimum absolute atomic E-state index is 0.297. The molecule has 1 aliphatic heterocycles. The summed E-state index contributed by atoms with van der Waals surface area (Å²) in [6.45, 7) is 0.825. The molecule has 0 fully saturated rings. The van der Waals surface area contributed by atoms with Crippen LogP contribution in [0.3, 0.4) is 0 Å². The van der Waals surface area contributed by atoms with Crippen LogP contribution in [0.2, 0.25) is 0 Å². The number of halogens is 3. The maximum Gasteiger partial charge on any atom is 0.401 e. The van der Waals surface area contributed by atoms with Crippen molar-refractivity contribution in [2.45, 2.75) is 31.6 Å². The van der Waals surface area contributed by atoms with E-state index in [1.165, 1.54) is 11.1 Å². The normalized spacial score (nSPS) is 21.1. The van der Waals surface area contributed by atoms with Gasteiger partial charge in [-0.15, -0.1) is 0 Å². The first-order valence-electron chi connectivity index (χ1n) is 8.32. The Balaban J connectivity index is 1.89. The lowest BCUT2D eigenvalue weighted by atomic mass is 9.84. The Morgan fingerprint density at radius 3 is 2.73 bits per heavy atom. The minimum atomic E-state index is -4.29. The van der Waals surface area contributed by atoms with Crippen molar-refractivity contribution in [1.29, 1.82) is 0 Å². The van der Waals surface area contributed by atoms with Crippen LogP contribution < -0.4 is 5.46 Å². The molecule has 0 bridgehead atoms. The zero-order valence-electron chi connectivity index (χ0n) is 14.1. The molecule has 8 heteroatoms. The highest BCUT2D eigenvalue weighted by Gasteiger charge is 2.41. The molecule has 0 saturated carbocycles. The quantitative estimate of drug-likeness (QED) is 0.718. The fourth-order valence-corrected chi connectivity index (χ4v) is 3.78. The van der Waals surface area contributed by atoms with E-state index in [1.807, 2.05) is 19.1 Å². The lowest BCUT2D eigenvalue weighted by Gasteiger charge is -2.42. The van der Waals surface area contributed by atoms with Crippen LogP contribution in [0.25, 0.3) is 10.9 Å². The van der Waals surface area contributed by atoms with Crippen molar-refractivity contribution in [2.75, 3.05) is 6.54 Å². The van der Waals surface area contributed by atoms with Crippen molar-refractivity contribution in [3.63, 3.8) is 0 Å². The van der Waals surface area contributed by atoms with Gasteiger partial charge >= 0.3 is 6.18 Å². The number of rotatable bonds is 2. The van der Waals surface area contributed by atoms with Crippen LogP contribution in [0.15, 0.2) is 36.7 Å². The van der Waals surface area contributed by atoms with Gasteiger partial charge in [-0.3, -0.25) is 15.0 Å². The molecule has 0 unspecified atom stereocenters. The number of hydrogen-bond donors (Lipinski definition) is 1. The van der Waals surface area contributed by atoms with E-state index < -0.39 is 18.8 Å². The van der Waals surface area contributed by atoms with Crippen molar-refractivity contribution < 1.29 is 13.2 Å². The molecule has 1 aromatic carbocycles. The molecule has 0 spiro atoms. The fourth-order valence-electron chi connectivity index (χ4n) is 3.78. The Labute approximate surface area is 149 Å². The molecule has 2 atom stereocenters. The second kappa shape index (κ2) is 6.12. The van der Waals surface area contributed by atoms with E-state index in [-0.39, 0.29) is 6.04 Å². The number of fused-ring (bicyclic) bond motifs is 3. The Bertz CT molecular complexity index is 936. The van der Waals surface area contributed by atoms with Gasteiger partial charge in [-0.2, -0.15) is 18.3 Å². The third-order valence-electron chi connectivity index (χ3n) is 4.92. The van der Waals surface area contributed by atoms with Gasteiger partial charge in [-0.25, -0.2) is 0 Å². The van der Waals surface area contributed by atoms with Gasteiger partial charge in [0.1, 0.15) is 7.85 Å². The highest BCUT2D eigenvalue weighted by Crippen LogP contribution is 2.40. The summed E-state index contributed by atoms with van der Waals surface area (Å²) in [6, 6.07) is 6.21. The summed E-state index contributed by atoms with van der Waals surface area (Å²) in [5.41, 5.74) is 3.76. The number of H-pyrrole nitrogens is 1. The molecule has 26 heavy (non-hydrogen) atoms. The molecule has 2 radical (unpaired) electrons. The Kier molecular flexibility index (Phi) is 4.02. The van der Waals surface area contributed by atoms with E-state index in [9.17, 15) is 13.2 Å². The van der Waals surface area contributed by atoms with E-state index in [2.05, 4.69) is 15.2 Å². The summed E-state index contributed by atoms with van der Waals surface area (Å²) in [5, 5.41) is 7.94. The maximum atomic E-state index is 13.2. The molecule has 1 N–H and O–H groups in total. The van der Waals surface area contributed by atoms with Crippen LogP contribution >= 0.6 is 0 Å². The van der Waals surface area contributed by atoms with E-state index in [1.54, 1.807) is 18.3 Å². The topological polar surface area (TPSA) is 44.8 Å². The molecule has 4 rings (SSSR count). The largest absolute Gasteiger partial charge is 0.401 e. The van der Waals surface area contributed by atoms with E-state index in [4.69, 9.17) is 7.85 Å². The number of nitrogens with zero attached hydrogens (tertiary/aromatic N) is 3. The molecular formula is C18H16BF3N4. The lowest BCUT2D eigenvalue weighted by molar-refractivity contribution is -0.155. The van der Waals surface area contributed by atoms with Crippen LogP contribution in [-0.4, -0.2) is 46.7 Å². The number of alkyl halides is 3. The van der Waals surface area contributed by atoms with Gasteiger partial charge in [-0.1, -0.05) is 17.6 Å². The average Bonchev–Trinajstić information content (AvgIpc) is 3.05. The van der Waals surface area contributed by atoms with Gasteiger partial charge in [-0.05, 0) is 36.6 Å². The highest BCUT2D eigenvalue weighted by atomic mass is 19.4. The number of aromatic nitrogens is 3. The molecule has 1 aliphatic rings. The monoisotopic (exact) mass is 356 g/mol. The number of benzene rings is 1. The Morgan fingerprint density at radius 1 is 1.23 bits per heavy atom. The highest BCUT2D eigenvalue weighted by molar-refractivity contribution is 6.32. The SMILES string of the molecule is [B]c1ccc([C@@H]2c3ccc4[nH]ncc4c3C[C@@H](C)N2CC(F)(F)F)nc1. The second-order valence-electron chi connectivity index (χ2n) is 6.72.